The van der Waals surface area contributed by atoms with E-state index in [-0.39, 0.29) is 24.4 Å². The van der Waals surface area contributed by atoms with Gasteiger partial charge in [0.1, 0.15) is 11.2 Å². The molecule has 0 spiro atoms. The molecule has 0 saturated heterocycles. The van der Waals surface area contributed by atoms with Gasteiger partial charge in [-0.2, -0.15) is 5.10 Å². The monoisotopic (exact) mass is 423 g/mol. The van der Waals surface area contributed by atoms with Crippen LogP contribution < -0.4 is 5.56 Å². The van der Waals surface area contributed by atoms with Gasteiger partial charge < -0.3 is 4.98 Å². The highest BCUT2D eigenvalue weighted by Gasteiger charge is 2.36. The molecule has 1 aliphatic carbocycles. The Balaban J connectivity index is 1.70. The quantitative estimate of drug-likeness (QED) is 0.697. The maximum Gasteiger partial charge on any atom is 0.262 e. The maximum absolute atomic E-state index is 13.4. The van der Waals surface area contributed by atoms with E-state index in [4.69, 9.17) is 0 Å². The molecule has 3 aromatic heterocycles. The molecule has 0 radical (unpaired) electrons. The fourth-order valence-corrected chi connectivity index (χ4v) is 3.70. The Kier molecular flexibility index (Phi) is 4.34. The van der Waals surface area contributed by atoms with Crippen LogP contribution in [-0.4, -0.2) is 30.7 Å². The number of hydrogen-bond acceptors (Lipinski definition) is 4. The highest BCUT2D eigenvalue weighted by molar-refractivity contribution is 9.10. The molecule has 0 atom stereocenters. The number of alkyl halides is 2. The second kappa shape index (κ2) is 6.53. The van der Waals surface area contributed by atoms with Crippen LogP contribution in [0.3, 0.4) is 0 Å². The van der Waals surface area contributed by atoms with Crippen LogP contribution in [0.25, 0.3) is 11.0 Å². The van der Waals surface area contributed by atoms with Crippen molar-refractivity contribution in [3.05, 3.63) is 50.9 Å². The van der Waals surface area contributed by atoms with E-state index in [9.17, 15) is 13.6 Å². The van der Waals surface area contributed by atoms with Crippen molar-refractivity contribution < 1.29 is 8.78 Å². The number of nitrogens with zero attached hydrogens (tertiary/aromatic N) is 4. The molecule has 1 fully saturated rings. The Morgan fingerprint density at radius 1 is 1.35 bits per heavy atom. The molecule has 9 heteroatoms. The van der Waals surface area contributed by atoms with Gasteiger partial charge in [0.25, 0.3) is 5.56 Å². The zero-order valence-electron chi connectivity index (χ0n) is 13.8. The maximum atomic E-state index is 13.4. The van der Waals surface area contributed by atoms with Gasteiger partial charge in [-0.05, 0) is 40.9 Å². The molecule has 3 aromatic rings. The molecule has 0 aromatic carbocycles. The van der Waals surface area contributed by atoms with Crippen molar-refractivity contribution in [2.24, 2.45) is 0 Å². The van der Waals surface area contributed by atoms with Crippen molar-refractivity contribution in [2.75, 3.05) is 0 Å². The average molecular weight is 424 g/mol. The van der Waals surface area contributed by atoms with Gasteiger partial charge in [-0.1, -0.05) is 0 Å². The number of aromatic nitrogens is 5. The van der Waals surface area contributed by atoms with E-state index >= 15 is 0 Å². The smallest absolute Gasteiger partial charge is 0.262 e. The van der Waals surface area contributed by atoms with Crippen molar-refractivity contribution in [3.8, 4) is 0 Å². The molecule has 0 amide bonds. The fraction of sp³-hybridized carbons (Fsp3) is 0.412. The number of H-pyrrole nitrogens is 1. The van der Waals surface area contributed by atoms with Gasteiger partial charge >= 0.3 is 0 Å². The van der Waals surface area contributed by atoms with E-state index in [0.29, 0.717) is 36.1 Å². The molecule has 0 bridgehead atoms. The summed E-state index contributed by atoms with van der Waals surface area (Å²) in [6.45, 7) is 0. The average Bonchev–Trinajstić information content (AvgIpc) is 3.01. The minimum absolute atomic E-state index is 0.170. The Labute approximate surface area is 155 Å². The lowest BCUT2D eigenvalue weighted by molar-refractivity contribution is -0.0446. The minimum atomic E-state index is -2.61. The van der Waals surface area contributed by atoms with Crippen LogP contribution in [0.1, 0.15) is 43.2 Å². The molecule has 3 heterocycles. The summed E-state index contributed by atoms with van der Waals surface area (Å²) in [5, 5.41) is 4.62. The summed E-state index contributed by atoms with van der Waals surface area (Å²) in [6.07, 6.45) is 3.77. The number of nitrogens with one attached hydrogen (secondary N) is 1. The van der Waals surface area contributed by atoms with Crippen LogP contribution in [0, 0.1) is 0 Å². The number of fused-ring (bicyclic) bond motifs is 1. The first kappa shape index (κ1) is 17.3. The van der Waals surface area contributed by atoms with E-state index in [1.807, 2.05) is 6.07 Å². The lowest BCUT2D eigenvalue weighted by Crippen LogP contribution is -2.27. The van der Waals surface area contributed by atoms with Crippen molar-refractivity contribution >= 4 is 27.0 Å². The second-order valence-electron chi connectivity index (χ2n) is 6.53. The highest BCUT2D eigenvalue weighted by atomic mass is 79.9. The summed E-state index contributed by atoms with van der Waals surface area (Å²) >= 11 is 3.43. The number of aromatic amines is 1. The summed E-state index contributed by atoms with van der Waals surface area (Å²) in [7, 11) is 0. The molecule has 0 aliphatic heterocycles. The number of hydrogen-bond donors (Lipinski definition) is 1. The minimum Gasteiger partial charge on any atom is -0.310 e. The van der Waals surface area contributed by atoms with Gasteiger partial charge in [-0.15, -0.1) is 0 Å². The predicted octanol–water partition coefficient (Wildman–Crippen LogP) is 3.62. The molecule has 4 rings (SSSR count). The molecular weight excluding hydrogens is 408 g/mol. The zero-order chi connectivity index (χ0) is 18.3. The van der Waals surface area contributed by atoms with E-state index in [0.717, 1.165) is 10.2 Å². The molecule has 6 nitrogen and oxygen atoms in total. The molecular formula is C17H16BrF2N5O. The van der Waals surface area contributed by atoms with Crippen LogP contribution in [0.4, 0.5) is 8.78 Å². The van der Waals surface area contributed by atoms with Gasteiger partial charge in [-0.3, -0.25) is 9.78 Å². The first-order chi connectivity index (χ1) is 12.4. The summed E-state index contributed by atoms with van der Waals surface area (Å²) < 4.78 is 29.3. The van der Waals surface area contributed by atoms with Crippen LogP contribution in [0.5, 0.6) is 0 Å². The Morgan fingerprint density at radius 2 is 2.12 bits per heavy atom. The van der Waals surface area contributed by atoms with Crippen LogP contribution in [-0.2, 0) is 6.42 Å². The Bertz CT molecular complexity index is 1010. The van der Waals surface area contributed by atoms with Gasteiger partial charge in [0.15, 0.2) is 5.65 Å². The third kappa shape index (κ3) is 3.27. The molecule has 1 N–H and O–H groups in total. The number of pyridine rings is 1. The summed E-state index contributed by atoms with van der Waals surface area (Å²) in [5.41, 5.74) is 0.897. The predicted molar refractivity (Wildman–Crippen MR) is 95.3 cm³/mol. The fourth-order valence-electron chi connectivity index (χ4n) is 3.31. The van der Waals surface area contributed by atoms with Gasteiger partial charge in [0, 0.05) is 29.9 Å². The molecule has 0 unspecified atom stereocenters. The number of halogens is 3. The normalized spacial score (nSPS) is 17.7. The van der Waals surface area contributed by atoms with Gasteiger partial charge in [0.2, 0.25) is 5.92 Å². The SMILES string of the molecule is O=c1[nH]c(Cc2ncccc2Br)nc2c1cnn2C1CCC(F)(F)CC1. The lowest BCUT2D eigenvalue weighted by atomic mass is 9.92. The van der Waals surface area contributed by atoms with E-state index in [1.165, 1.54) is 6.20 Å². The Morgan fingerprint density at radius 3 is 2.85 bits per heavy atom. The standard InChI is InChI=1S/C17H16BrF2N5O/c18-12-2-1-7-21-13(12)8-14-23-15-11(16(26)24-14)9-22-25(15)10-3-5-17(19,20)6-4-10/h1-2,7,9-10H,3-6,8H2,(H,23,24,26). The van der Waals surface area contributed by atoms with Crippen LogP contribution in [0.15, 0.2) is 33.8 Å². The van der Waals surface area contributed by atoms with Crippen molar-refractivity contribution in [1.29, 1.82) is 0 Å². The van der Waals surface area contributed by atoms with E-state index in [1.54, 1.807) is 16.9 Å². The molecule has 1 aliphatic rings. The zero-order valence-corrected chi connectivity index (χ0v) is 15.3. The van der Waals surface area contributed by atoms with Gasteiger partial charge in [-0.25, -0.2) is 18.4 Å². The summed E-state index contributed by atoms with van der Waals surface area (Å²) in [5.74, 6) is -2.15. The van der Waals surface area contributed by atoms with Crippen molar-refractivity contribution in [3.63, 3.8) is 0 Å². The topological polar surface area (TPSA) is 76.5 Å². The Hall–Kier alpha value is -2.16. The molecule has 1 saturated carbocycles. The van der Waals surface area contributed by atoms with Crippen molar-refractivity contribution in [2.45, 2.75) is 44.1 Å². The van der Waals surface area contributed by atoms with Gasteiger partial charge in [0.05, 0.1) is 17.9 Å². The van der Waals surface area contributed by atoms with Crippen molar-refractivity contribution in [1.82, 2.24) is 24.7 Å². The highest BCUT2D eigenvalue weighted by Crippen LogP contribution is 2.38. The lowest BCUT2D eigenvalue weighted by Gasteiger charge is -2.28. The summed E-state index contributed by atoms with van der Waals surface area (Å²) in [4.78, 5) is 24.0. The largest absolute Gasteiger partial charge is 0.310 e. The van der Waals surface area contributed by atoms with E-state index in [2.05, 4.69) is 36.0 Å². The first-order valence-corrected chi connectivity index (χ1v) is 9.16. The summed E-state index contributed by atoms with van der Waals surface area (Å²) in [6, 6.07) is 3.50. The van der Waals surface area contributed by atoms with E-state index < -0.39 is 5.92 Å². The third-order valence-electron chi connectivity index (χ3n) is 4.71. The third-order valence-corrected chi connectivity index (χ3v) is 5.44. The molecule has 136 valence electrons. The molecule has 26 heavy (non-hydrogen) atoms. The van der Waals surface area contributed by atoms with Crippen LogP contribution in [0.2, 0.25) is 0 Å². The first-order valence-electron chi connectivity index (χ1n) is 8.36. The van der Waals surface area contributed by atoms with Crippen LogP contribution >= 0.6 is 15.9 Å². The number of rotatable bonds is 3. The second-order valence-corrected chi connectivity index (χ2v) is 7.39.